The maximum Gasteiger partial charge on any atom is 0.401 e. The van der Waals surface area contributed by atoms with E-state index in [-0.39, 0.29) is 11.8 Å². The molecule has 0 aromatic rings. The number of alkyl halides is 3. The second-order valence-corrected chi connectivity index (χ2v) is 5.80. The first-order valence-corrected chi connectivity index (χ1v) is 6.30. The van der Waals surface area contributed by atoms with Gasteiger partial charge in [0.1, 0.15) is 5.25 Å². The van der Waals surface area contributed by atoms with Crippen molar-refractivity contribution in [1.29, 1.82) is 0 Å². The second-order valence-electron chi connectivity index (χ2n) is 4.30. The normalized spacial score (nSPS) is 30.2. The highest BCUT2D eigenvalue weighted by atomic mass is 32.2. The molecule has 15 heavy (non-hydrogen) atoms. The molecular weight excluding hydrogens is 223 g/mol. The molecular formula is C10H18F3NS. The van der Waals surface area contributed by atoms with Gasteiger partial charge in [0, 0.05) is 11.8 Å². The van der Waals surface area contributed by atoms with Crippen LogP contribution in [0.5, 0.6) is 0 Å². The molecule has 1 nitrogen and oxygen atoms in total. The van der Waals surface area contributed by atoms with Crippen LogP contribution in [0.25, 0.3) is 0 Å². The van der Waals surface area contributed by atoms with E-state index < -0.39 is 11.4 Å². The predicted octanol–water partition coefficient (Wildman–Crippen LogP) is 3.19. The molecule has 2 N–H and O–H groups in total. The Morgan fingerprint density at radius 2 is 2.07 bits per heavy atom. The van der Waals surface area contributed by atoms with Crippen LogP contribution in [0.3, 0.4) is 0 Å². The Kier molecular flexibility index (Phi) is 4.77. The smallest absolute Gasteiger partial charge is 0.329 e. The number of thioether (sulfide) groups is 1. The summed E-state index contributed by atoms with van der Waals surface area (Å²) < 4.78 is 37.4. The first kappa shape index (κ1) is 13.2. The van der Waals surface area contributed by atoms with Crippen LogP contribution in [0.4, 0.5) is 13.2 Å². The highest BCUT2D eigenvalue weighted by molar-refractivity contribution is 8.00. The second kappa shape index (κ2) is 5.43. The molecule has 0 amide bonds. The molecule has 1 fully saturated rings. The molecule has 0 aromatic heterocycles. The summed E-state index contributed by atoms with van der Waals surface area (Å²) in [4.78, 5) is 0. The van der Waals surface area contributed by atoms with Crippen LogP contribution in [0.15, 0.2) is 0 Å². The molecule has 1 saturated carbocycles. The Bertz CT molecular complexity index is 196. The molecule has 5 heteroatoms. The molecule has 0 spiro atoms. The fourth-order valence-corrected chi connectivity index (χ4v) is 3.47. The monoisotopic (exact) mass is 241 g/mol. The van der Waals surface area contributed by atoms with Crippen molar-refractivity contribution in [1.82, 2.24) is 0 Å². The summed E-state index contributed by atoms with van der Waals surface area (Å²) in [5.41, 5.74) is 5.17. The largest absolute Gasteiger partial charge is 0.401 e. The van der Waals surface area contributed by atoms with Gasteiger partial charge >= 0.3 is 6.18 Å². The Hall–Kier alpha value is 0.100. The van der Waals surface area contributed by atoms with Gasteiger partial charge in [-0.1, -0.05) is 19.8 Å². The Labute approximate surface area is 93.0 Å². The zero-order valence-corrected chi connectivity index (χ0v) is 9.70. The molecule has 0 bridgehead atoms. The minimum atomic E-state index is -4.15. The van der Waals surface area contributed by atoms with Crippen molar-refractivity contribution < 1.29 is 13.2 Å². The highest BCUT2D eigenvalue weighted by Gasteiger charge is 2.40. The van der Waals surface area contributed by atoms with Gasteiger partial charge in [-0.05, 0) is 18.8 Å². The lowest BCUT2D eigenvalue weighted by molar-refractivity contribution is -0.126. The third-order valence-corrected chi connectivity index (χ3v) is 4.43. The van der Waals surface area contributed by atoms with Gasteiger partial charge in [0.05, 0.1) is 0 Å². The molecule has 0 heterocycles. The maximum atomic E-state index is 12.5. The minimum Gasteiger partial charge on any atom is -0.329 e. The van der Waals surface area contributed by atoms with Gasteiger partial charge in [-0.25, -0.2) is 0 Å². The third-order valence-electron chi connectivity index (χ3n) is 2.82. The summed E-state index contributed by atoms with van der Waals surface area (Å²) in [6, 6.07) is 0. The summed E-state index contributed by atoms with van der Waals surface area (Å²) in [5, 5.41) is -1.24. The molecule has 0 aliphatic heterocycles. The zero-order chi connectivity index (χ0) is 11.5. The zero-order valence-electron chi connectivity index (χ0n) is 8.89. The van der Waals surface area contributed by atoms with Gasteiger partial charge in [0.15, 0.2) is 0 Å². The van der Waals surface area contributed by atoms with Crippen LogP contribution in [-0.4, -0.2) is 23.2 Å². The van der Waals surface area contributed by atoms with E-state index in [2.05, 4.69) is 6.92 Å². The SMILES string of the molecule is CC1CCCC(SC(CN)C(F)(F)F)C1. The summed E-state index contributed by atoms with van der Waals surface area (Å²) in [6.45, 7) is 1.80. The first-order chi connectivity index (χ1) is 6.93. The van der Waals surface area contributed by atoms with Crippen LogP contribution < -0.4 is 5.73 Å². The maximum absolute atomic E-state index is 12.5. The van der Waals surface area contributed by atoms with Crippen molar-refractivity contribution in [2.45, 2.75) is 49.3 Å². The summed E-state index contributed by atoms with van der Waals surface area (Å²) in [7, 11) is 0. The van der Waals surface area contributed by atoms with Crippen molar-refractivity contribution in [3.8, 4) is 0 Å². The molecule has 1 aliphatic rings. The average Bonchev–Trinajstić information content (AvgIpc) is 2.12. The van der Waals surface area contributed by atoms with Gasteiger partial charge in [0.2, 0.25) is 0 Å². The minimum absolute atomic E-state index is 0.143. The molecule has 0 radical (unpaired) electrons. The van der Waals surface area contributed by atoms with Crippen LogP contribution >= 0.6 is 11.8 Å². The van der Waals surface area contributed by atoms with Gasteiger partial charge in [-0.2, -0.15) is 13.2 Å². The van der Waals surface area contributed by atoms with Crippen molar-refractivity contribution in [3.63, 3.8) is 0 Å². The van der Waals surface area contributed by atoms with E-state index in [0.717, 1.165) is 37.4 Å². The Morgan fingerprint density at radius 1 is 1.40 bits per heavy atom. The number of nitrogens with two attached hydrogens (primary N) is 1. The van der Waals surface area contributed by atoms with Gasteiger partial charge < -0.3 is 5.73 Å². The molecule has 3 atom stereocenters. The number of hydrogen-bond acceptors (Lipinski definition) is 2. The number of hydrogen-bond donors (Lipinski definition) is 1. The van der Waals surface area contributed by atoms with Crippen LogP contribution in [0, 0.1) is 5.92 Å². The van der Waals surface area contributed by atoms with E-state index in [4.69, 9.17) is 5.73 Å². The van der Waals surface area contributed by atoms with Crippen LogP contribution in [0.1, 0.15) is 32.6 Å². The molecule has 3 unspecified atom stereocenters. The van der Waals surface area contributed by atoms with Gasteiger partial charge in [-0.15, -0.1) is 11.8 Å². The highest BCUT2D eigenvalue weighted by Crippen LogP contribution is 2.39. The van der Waals surface area contributed by atoms with Gasteiger partial charge in [-0.3, -0.25) is 0 Å². The molecule has 1 aliphatic carbocycles. The molecule has 0 aromatic carbocycles. The summed E-state index contributed by atoms with van der Waals surface area (Å²) in [5.74, 6) is 0.558. The third kappa shape index (κ3) is 4.23. The van der Waals surface area contributed by atoms with Crippen molar-refractivity contribution in [2.24, 2.45) is 11.7 Å². The fourth-order valence-electron chi connectivity index (χ4n) is 2.00. The predicted molar refractivity (Wildman–Crippen MR) is 57.9 cm³/mol. The molecule has 0 saturated heterocycles. The lowest BCUT2D eigenvalue weighted by Crippen LogP contribution is -2.35. The lowest BCUT2D eigenvalue weighted by atomic mass is 9.91. The van der Waals surface area contributed by atoms with Crippen molar-refractivity contribution in [2.75, 3.05) is 6.54 Å². The summed E-state index contributed by atoms with van der Waals surface area (Å²) in [6.07, 6.45) is -0.150. The van der Waals surface area contributed by atoms with E-state index in [1.54, 1.807) is 0 Å². The standard InChI is InChI=1S/C10H18F3NS/c1-7-3-2-4-8(5-7)15-9(6-14)10(11,12)13/h7-9H,2-6,14H2,1H3. The number of rotatable bonds is 3. The average molecular weight is 241 g/mol. The quantitative estimate of drug-likeness (QED) is 0.821. The molecule has 1 rings (SSSR count). The van der Waals surface area contributed by atoms with Crippen LogP contribution in [-0.2, 0) is 0 Å². The van der Waals surface area contributed by atoms with E-state index >= 15 is 0 Å². The van der Waals surface area contributed by atoms with Crippen molar-refractivity contribution in [3.05, 3.63) is 0 Å². The van der Waals surface area contributed by atoms with E-state index in [9.17, 15) is 13.2 Å². The van der Waals surface area contributed by atoms with Crippen molar-refractivity contribution >= 4 is 11.8 Å². The number of halogens is 3. The van der Waals surface area contributed by atoms with E-state index in [0.29, 0.717) is 5.92 Å². The lowest BCUT2D eigenvalue weighted by Gasteiger charge is -2.29. The topological polar surface area (TPSA) is 26.0 Å². The Morgan fingerprint density at radius 3 is 2.53 bits per heavy atom. The molecule has 90 valence electrons. The van der Waals surface area contributed by atoms with E-state index in [1.165, 1.54) is 0 Å². The van der Waals surface area contributed by atoms with Crippen LogP contribution in [0.2, 0.25) is 0 Å². The fraction of sp³-hybridized carbons (Fsp3) is 1.00. The Balaban J connectivity index is 2.44. The summed E-state index contributed by atoms with van der Waals surface area (Å²) >= 11 is 1.03. The van der Waals surface area contributed by atoms with E-state index in [1.807, 2.05) is 0 Å². The van der Waals surface area contributed by atoms with Gasteiger partial charge in [0.25, 0.3) is 0 Å². The first-order valence-electron chi connectivity index (χ1n) is 5.35.